The van der Waals surface area contributed by atoms with Gasteiger partial charge in [0.05, 0.1) is 30.5 Å². The number of nitrogens with zero attached hydrogens (tertiary/aromatic N) is 3. The third-order valence-electron chi connectivity index (χ3n) is 13.2. The van der Waals surface area contributed by atoms with Crippen LogP contribution in [0.5, 0.6) is 11.5 Å². The van der Waals surface area contributed by atoms with Gasteiger partial charge < -0.3 is 38.9 Å². The first-order valence-electron chi connectivity index (χ1n) is 22.5. The lowest BCUT2D eigenvalue weighted by molar-refractivity contribution is -0.252. The van der Waals surface area contributed by atoms with E-state index >= 15 is 0 Å². The number of likely N-dealkylation sites (N-methyl/N-ethyl adjacent to an activating group) is 1. The molecule has 8 rings (SSSR count). The molecule has 1 amide bonds. The molecule has 0 bridgehead atoms. The normalized spacial score (nSPS) is 25.9. The quantitative estimate of drug-likeness (QED) is 0.0572. The molecular formula is C51H61N3O8. The number of ether oxygens (including phenoxy) is 4. The molecule has 328 valence electrons. The number of carbonyl (C=O) groups is 1. The van der Waals surface area contributed by atoms with Crippen LogP contribution in [-0.4, -0.2) is 83.3 Å². The standard InChI is InChI=1S/C51H61N3O8/c1-4-27-60-51-46(54(3)50(57)38-22-21-35-15-5-6-16-36(35)29-38)32-44(53-62-47-20-9-12-28-58-47)42-30-37(17-7-10-25-55)41(19-8-11-26-56)48(49(42)51)43-31-40(23-24-45(43)61-51)59-33-39-18-13-14-34(2)52-39/h4-6,13-16,18,21-24,29-31,37,41,46-49,55-56H,1,7-12,17,19-20,25-28,32-33H2,2-3H3/t37-,41+,46-,47?,48+,49+,51+/m0/s1. The fourth-order valence-electron chi connectivity index (χ4n) is 10.2. The summed E-state index contributed by atoms with van der Waals surface area (Å²) in [4.78, 5) is 27.6. The van der Waals surface area contributed by atoms with E-state index in [2.05, 4.69) is 23.7 Å². The maximum atomic E-state index is 14.9. The molecular weight excluding hydrogens is 783 g/mol. The number of aliphatic hydroxyl groups is 2. The molecule has 2 N–H and O–H groups in total. The number of allylic oxidation sites excluding steroid dienone is 1. The lowest BCUT2D eigenvalue weighted by atomic mass is 9.55. The van der Waals surface area contributed by atoms with Crippen molar-refractivity contribution in [1.29, 1.82) is 0 Å². The van der Waals surface area contributed by atoms with Crippen molar-refractivity contribution in [1.82, 2.24) is 9.88 Å². The summed E-state index contributed by atoms with van der Waals surface area (Å²) in [5, 5.41) is 26.9. The van der Waals surface area contributed by atoms with Crippen molar-refractivity contribution >= 4 is 22.4 Å². The van der Waals surface area contributed by atoms with Gasteiger partial charge in [-0.25, -0.2) is 0 Å². The Morgan fingerprint density at radius 2 is 1.81 bits per heavy atom. The lowest BCUT2D eigenvalue weighted by Crippen LogP contribution is -2.69. The summed E-state index contributed by atoms with van der Waals surface area (Å²) >= 11 is 0. The molecule has 1 unspecified atom stereocenters. The second-order valence-corrected chi connectivity index (χ2v) is 17.2. The number of aryl methyl sites for hydroxylation is 1. The second kappa shape index (κ2) is 20.0. The molecule has 1 saturated carbocycles. The first kappa shape index (κ1) is 43.6. The van der Waals surface area contributed by atoms with Gasteiger partial charge in [-0.15, -0.1) is 6.58 Å². The van der Waals surface area contributed by atoms with Gasteiger partial charge in [0.25, 0.3) is 5.91 Å². The van der Waals surface area contributed by atoms with Crippen LogP contribution < -0.4 is 9.47 Å². The molecule has 0 radical (unpaired) electrons. The van der Waals surface area contributed by atoms with Crippen LogP contribution in [0.1, 0.15) is 97.4 Å². The molecule has 62 heavy (non-hydrogen) atoms. The molecule has 11 nitrogen and oxygen atoms in total. The summed E-state index contributed by atoms with van der Waals surface area (Å²) in [5.74, 6) is -0.586. The number of aromatic nitrogens is 1. The molecule has 0 spiro atoms. The number of benzene rings is 3. The van der Waals surface area contributed by atoms with E-state index in [9.17, 15) is 15.0 Å². The highest BCUT2D eigenvalue weighted by Gasteiger charge is 2.65. The Balaban J connectivity index is 1.29. The number of oxime groups is 1. The zero-order valence-electron chi connectivity index (χ0n) is 36.1. The highest BCUT2D eigenvalue weighted by Crippen LogP contribution is 2.62. The number of carbonyl (C=O) groups excluding carboxylic acids is 1. The van der Waals surface area contributed by atoms with Gasteiger partial charge in [0, 0.05) is 55.8 Å². The van der Waals surface area contributed by atoms with E-state index in [1.165, 1.54) is 0 Å². The maximum Gasteiger partial charge on any atom is 0.254 e. The average molecular weight is 844 g/mol. The summed E-state index contributed by atoms with van der Waals surface area (Å²) in [6, 6.07) is 25.1. The van der Waals surface area contributed by atoms with E-state index in [1.807, 2.05) is 86.8 Å². The predicted molar refractivity (Wildman–Crippen MR) is 239 cm³/mol. The van der Waals surface area contributed by atoms with E-state index in [-0.39, 0.29) is 43.5 Å². The highest BCUT2D eigenvalue weighted by molar-refractivity contribution is 6.04. The largest absolute Gasteiger partial charge is 0.487 e. The Morgan fingerprint density at radius 3 is 2.58 bits per heavy atom. The fourth-order valence-corrected chi connectivity index (χ4v) is 10.2. The minimum atomic E-state index is -1.36. The number of hydrogen-bond acceptors (Lipinski definition) is 10. The monoisotopic (exact) mass is 843 g/mol. The van der Waals surface area contributed by atoms with Gasteiger partial charge in [0.15, 0.2) is 0 Å². The summed E-state index contributed by atoms with van der Waals surface area (Å²) in [7, 11) is 1.84. The van der Waals surface area contributed by atoms with Crippen molar-refractivity contribution < 1.29 is 38.8 Å². The van der Waals surface area contributed by atoms with Crippen LogP contribution in [0.3, 0.4) is 0 Å². The van der Waals surface area contributed by atoms with Gasteiger partial charge in [-0.3, -0.25) is 9.78 Å². The van der Waals surface area contributed by atoms with Crippen LogP contribution >= 0.6 is 0 Å². The van der Waals surface area contributed by atoms with Crippen molar-refractivity contribution in [2.75, 3.05) is 33.5 Å². The zero-order valence-corrected chi connectivity index (χ0v) is 36.1. The second-order valence-electron chi connectivity index (χ2n) is 17.2. The first-order valence-corrected chi connectivity index (χ1v) is 22.5. The van der Waals surface area contributed by atoms with Gasteiger partial charge >= 0.3 is 0 Å². The number of rotatable bonds is 18. The zero-order chi connectivity index (χ0) is 43.1. The Labute approximate surface area is 365 Å². The average Bonchev–Trinajstić information content (AvgIpc) is 3.30. The summed E-state index contributed by atoms with van der Waals surface area (Å²) in [5.41, 5.74) is 5.03. The number of amides is 1. The molecule has 4 aromatic rings. The van der Waals surface area contributed by atoms with Gasteiger partial charge in [0.2, 0.25) is 12.1 Å². The fraction of sp³-hybridized carbons (Fsp3) is 0.471. The van der Waals surface area contributed by atoms with Crippen LogP contribution in [0.25, 0.3) is 10.8 Å². The number of fused-ring (bicyclic) bond motifs is 3. The Morgan fingerprint density at radius 1 is 0.984 bits per heavy atom. The third kappa shape index (κ3) is 9.18. The van der Waals surface area contributed by atoms with Crippen LogP contribution in [0, 0.1) is 24.7 Å². The summed E-state index contributed by atoms with van der Waals surface area (Å²) < 4.78 is 26.9. The Hall–Kier alpha value is -5.07. The highest BCUT2D eigenvalue weighted by atomic mass is 16.8. The number of hydrogen-bond donors (Lipinski definition) is 2. The maximum absolute atomic E-state index is 14.9. The third-order valence-corrected chi connectivity index (χ3v) is 13.2. The summed E-state index contributed by atoms with van der Waals surface area (Å²) in [6.07, 6.45) is 11.4. The van der Waals surface area contributed by atoms with E-state index < -0.39 is 24.0 Å². The molecule has 3 heterocycles. The van der Waals surface area contributed by atoms with Crippen LogP contribution in [0.4, 0.5) is 0 Å². The van der Waals surface area contributed by atoms with Gasteiger partial charge in [0.1, 0.15) is 24.1 Å². The van der Waals surface area contributed by atoms with Gasteiger partial charge in [-0.2, -0.15) is 0 Å². The molecule has 4 aliphatic rings. The van der Waals surface area contributed by atoms with E-state index in [0.717, 1.165) is 84.0 Å². The van der Waals surface area contributed by atoms with Gasteiger partial charge in [-0.05, 0) is 116 Å². The topological polar surface area (TPSA) is 132 Å². The number of pyridine rings is 1. The molecule has 1 aromatic heterocycles. The molecule has 11 heteroatoms. The molecule has 2 aliphatic heterocycles. The Bertz CT molecular complexity index is 2250. The first-order chi connectivity index (χ1) is 30.3. The lowest BCUT2D eigenvalue weighted by Gasteiger charge is -2.59. The van der Waals surface area contributed by atoms with Crippen molar-refractivity contribution in [2.24, 2.45) is 22.9 Å². The van der Waals surface area contributed by atoms with Crippen LogP contribution in [0.15, 0.2) is 108 Å². The Kier molecular flexibility index (Phi) is 14.0. The van der Waals surface area contributed by atoms with Crippen molar-refractivity contribution in [3.63, 3.8) is 0 Å². The SMILES string of the molecule is C=CCO[C@@]12Oc3ccc(OCc4cccc(C)n4)cc3[C@H]3[C@H](CCCCO)[C@@H](CCCCO)C=C(C(=NOC4CCCCO4)C[C@@H]1N(C)C(=O)c1ccc4ccccc4c1)[C@H]32. The van der Waals surface area contributed by atoms with Crippen LogP contribution in [-0.2, 0) is 20.9 Å². The van der Waals surface area contributed by atoms with E-state index in [1.54, 1.807) is 11.0 Å². The molecule has 3 aromatic carbocycles. The number of aliphatic hydroxyl groups excluding tert-OH is 2. The molecule has 7 atom stereocenters. The van der Waals surface area contributed by atoms with Gasteiger partial charge in [-0.1, -0.05) is 66.5 Å². The minimum absolute atomic E-state index is 0.0844. The van der Waals surface area contributed by atoms with Crippen LogP contribution in [0.2, 0.25) is 0 Å². The minimum Gasteiger partial charge on any atom is -0.487 e. The van der Waals surface area contributed by atoms with Crippen molar-refractivity contribution in [2.45, 2.75) is 102 Å². The van der Waals surface area contributed by atoms with Crippen molar-refractivity contribution in [3.8, 4) is 11.5 Å². The smallest absolute Gasteiger partial charge is 0.254 e. The van der Waals surface area contributed by atoms with E-state index in [0.29, 0.717) is 49.5 Å². The summed E-state index contributed by atoms with van der Waals surface area (Å²) in [6.45, 7) is 7.35. The van der Waals surface area contributed by atoms with E-state index in [4.69, 9.17) is 28.9 Å². The number of unbranched alkanes of at least 4 members (excludes halogenated alkanes) is 2. The predicted octanol–water partition coefficient (Wildman–Crippen LogP) is 9.05. The molecule has 1 saturated heterocycles. The van der Waals surface area contributed by atoms with Crippen molar-refractivity contribution in [3.05, 3.63) is 126 Å². The molecule has 2 aliphatic carbocycles. The molecule has 2 fully saturated rings.